The predicted octanol–water partition coefficient (Wildman–Crippen LogP) is 3.01. The van der Waals surface area contributed by atoms with Gasteiger partial charge in [-0.25, -0.2) is 4.79 Å². The van der Waals surface area contributed by atoms with Gasteiger partial charge in [0.25, 0.3) is 0 Å². The third-order valence-electron chi connectivity index (χ3n) is 1.61. The van der Waals surface area contributed by atoms with Crippen molar-refractivity contribution in [2.75, 3.05) is 0 Å². The first-order chi connectivity index (χ1) is 6.40. The molecular formula is C10H14O3S. The first-order valence-electron chi connectivity index (χ1n) is 4.34. The van der Waals surface area contributed by atoms with Crippen molar-refractivity contribution in [2.45, 2.75) is 31.3 Å². The van der Waals surface area contributed by atoms with E-state index in [1.54, 1.807) is 11.8 Å². The fourth-order valence-electron chi connectivity index (χ4n) is 0.925. The van der Waals surface area contributed by atoms with Gasteiger partial charge in [0.15, 0.2) is 0 Å². The smallest absolute Gasteiger partial charge is 0.339 e. The second-order valence-corrected chi connectivity index (χ2v) is 5.77. The van der Waals surface area contributed by atoms with Crippen molar-refractivity contribution in [2.24, 2.45) is 0 Å². The quantitative estimate of drug-likeness (QED) is 0.840. The molecule has 1 heterocycles. The Balaban J connectivity index is 2.68. The summed E-state index contributed by atoms with van der Waals surface area (Å²) in [6.07, 6.45) is 1.42. The standard InChI is InChI=1S/C10H14O3S/c1-10(2,3)14-6-8-7(9(11)12)4-5-13-8/h4-5H,6H2,1-3H3,(H,11,12). The molecule has 0 aliphatic rings. The topological polar surface area (TPSA) is 50.4 Å². The molecule has 0 spiro atoms. The molecular weight excluding hydrogens is 200 g/mol. The lowest BCUT2D eigenvalue weighted by Gasteiger charge is -2.16. The van der Waals surface area contributed by atoms with E-state index in [9.17, 15) is 4.79 Å². The summed E-state index contributed by atoms with van der Waals surface area (Å²) in [5.74, 6) is 0.207. The number of carboxylic acid groups (broad SMARTS) is 1. The Labute approximate surface area is 87.5 Å². The highest BCUT2D eigenvalue weighted by Crippen LogP contribution is 2.28. The van der Waals surface area contributed by atoms with Crippen LogP contribution in [-0.4, -0.2) is 15.8 Å². The molecule has 0 saturated heterocycles. The Morgan fingerprint density at radius 2 is 2.21 bits per heavy atom. The lowest BCUT2D eigenvalue weighted by Crippen LogP contribution is -2.08. The van der Waals surface area contributed by atoms with Gasteiger partial charge in [0.05, 0.1) is 12.0 Å². The van der Waals surface area contributed by atoms with E-state index >= 15 is 0 Å². The zero-order chi connectivity index (χ0) is 10.8. The maximum atomic E-state index is 10.7. The molecule has 0 amide bonds. The van der Waals surface area contributed by atoms with Crippen molar-refractivity contribution in [1.82, 2.24) is 0 Å². The third-order valence-corrected chi connectivity index (χ3v) is 2.88. The Kier molecular flexibility index (Phi) is 3.26. The molecule has 3 nitrogen and oxygen atoms in total. The highest BCUT2D eigenvalue weighted by molar-refractivity contribution is 7.99. The minimum Gasteiger partial charge on any atom is -0.478 e. The van der Waals surface area contributed by atoms with E-state index in [2.05, 4.69) is 20.8 Å². The van der Waals surface area contributed by atoms with E-state index in [0.717, 1.165) is 0 Å². The van der Waals surface area contributed by atoms with Crippen LogP contribution in [0.2, 0.25) is 0 Å². The summed E-state index contributed by atoms with van der Waals surface area (Å²) in [6, 6.07) is 1.49. The molecule has 0 bridgehead atoms. The molecule has 0 aliphatic carbocycles. The molecule has 0 atom stereocenters. The largest absolute Gasteiger partial charge is 0.478 e. The van der Waals surface area contributed by atoms with Crippen LogP contribution in [-0.2, 0) is 5.75 Å². The Hall–Kier alpha value is -0.900. The van der Waals surface area contributed by atoms with Crippen molar-refractivity contribution in [3.05, 3.63) is 23.7 Å². The van der Waals surface area contributed by atoms with Gasteiger partial charge in [-0.3, -0.25) is 0 Å². The maximum Gasteiger partial charge on any atom is 0.339 e. The van der Waals surface area contributed by atoms with Crippen LogP contribution in [0.15, 0.2) is 16.7 Å². The average Bonchev–Trinajstić information content (AvgIpc) is 2.46. The van der Waals surface area contributed by atoms with Crippen molar-refractivity contribution < 1.29 is 14.3 Å². The van der Waals surface area contributed by atoms with Crippen LogP contribution in [0, 0.1) is 0 Å². The van der Waals surface area contributed by atoms with E-state index in [1.165, 1.54) is 12.3 Å². The maximum absolute atomic E-state index is 10.7. The number of carboxylic acids is 1. The van der Waals surface area contributed by atoms with E-state index < -0.39 is 5.97 Å². The summed E-state index contributed by atoms with van der Waals surface area (Å²) in [5.41, 5.74) is 0.266. The molecule has 4 heteroatoms. The highest BCUT2D eigenvalue weighted by atomic mass is 32.2. The molecule has 1 rings (SSSR count). The fraction of sp³-hybridized carbons (Fsp3) is 0.500. The monoisotopic (exact) mass is 214 g/mol. The van der Waals surface area contributed by atoms with Crippen LogP contribution in [0.5, 0.6) is 0 Å². The predicted molar refractivity (Wildman–Crippen MR) is 56.7 cm³/mol. The number of furan rings is 1. The molecule has 1 aromatic heterocycles. The molecule has 1 aromatic rings. The Morgan fingerprint density at radius 1 is 1.57 bits per heavy atom. The molecule has 0 unspecified atom stereocenters. The van der Waals surface area contributed by atoms with Crippen LogP contribution >= 0.6 is 11.8 Å². The van der Waals surface area contributed by atoms with Gasteiger partial charge in [0.1, 0.15) is 11.3 Å². The number of carbonyl (C=O) groups is 1. The zero-order valence-corrected chi connectivity index (χ0v) is 9.35. The molecule has 0 aromatic carbocycles. The van der Waals surface area contributed by atoms with Crippen LogP contribution in [0.4, 0.5) is 0 Å². The molecule has 14 heavy (non-hydrogen) atoms. The number of thioether (sulfide) groups is 1. The average molecular weight is 214 g/mol. The van der Waals surface area contributed by atoms with Gasteiger partial charge in [-0.1, -0.05) is 20.8 Å². The number of hydrogen-bond acceptors (Lipinski definition) is 3. The zero-order valence-electron chi connectivity index (χ0n) is 8.53. The number of hydrogen-bond donors (Lipinski definition) is 1. The van der Waals surface area contributed by atoms with Crippen molar-refractivity contribution in [3.63, 3.8) is 0 Å². The lowest BCUT2D eigenvalue weighted by molar-refractivity contribution is 0.0695. The molecule has 0 saturated carbocycles. The van der Waals surface area contributed by atoms with Gasteiger partial charge < -0.3 is 9.52 Å². The normalized spacial score (nSPS) is 11.6. The summed E-state index contributed by atoms with van der Waals surface area (Å²) < 4.78 is 5.23. The van der Waals surface area contributed by atoms with Crippen LogP contribution in [0.3, 0.4) is 0 Å². The van der Waals surface area contributed by atoms with Crippen LogP contribution < -0.4 is 0 Å². The highest BCUT2D eigenvalue weighted by Gasteiger charge is 2.17. The van der Waals surface area contributed by atoms with E-state index in [4.69, 9.17) is 9.52 Å². The summed E-state index contributed by atoms with van der Waals surface area (Å²) >= 11 is 1.67. The second kappa shape index (κ2) is 4.09. The second-order valence-electron chi connectivity index (χ2n) is 3.96. The minimum atomic E-state index is -0.928. The first-order valence-corrected chi connectivity index (χ1v) is 5.32. The molecule has 0 aliphatic heterocycles. The van der Waals surface area contributed by atoms with Crippen LogP contribution in [0.25, 0.3) is 0 Å². The van der Waals surface area contributed by atoms with Gasteiger partial charge in [-0.05, 0) is 6.07 Å². The SMILES string of the molecule is CC(C)(C)SCc1occc1C(=O)O. The van der Waals surface area contributed by atoms with Crippen molar-refractivity contribution in [1.29, 1.82) is 0 Å². The summed E-state index contributed by atoms with van der Waals surface area (Å²) in [5, 5.41) is 8.81. The lowest BCUT2D eigenvalue weighted by atomic mass is 10.2. The Bertz CT molecular complexity index is 322. The molecule has 0 fully saturated rings. The summed E-state index contributed by atoms with van der Waals surface area (Å²) in [6.45, 7) is 6.25. The number of rotatable bonds is 3. The van der Waals surface area contributed by atoms with Gasteiger partial charge >= 0.3 is 5.97 Å². The first kappa shape index (κ1) is 11.2. The molecule has 78 valence electrons. The van der Waals surface area contributed by atoms with Crippen LogP contribution in [0.1, 0.15) is 36.9 Å². The fourth-order valence-corrected chi connectivity index (χ4v) is 1.71. The van der Waals surface area contributed by atoms with Gasteiger partial charge in [-0.15, -0.1) is 11.8 Å². The van der Waals surface area contributed by atoms with Gasteiger partial charge in [0, 0.05) is 4.75 Å². The van der Waals surface area contributed by atoms with E-state index in [0.29, 0.717) is 11.5 Å². The van der Waals surface area contributed by atoms with Crippen molar-refractivity contribution in [3.8, 4) is 0 Å². The van der Waals surface area contributed by atoms with Gasteiger partial charge in [0.2, 0.25) is 0 Å². The van der Waals surface area contributed by atoms with Gasteiger partial charge in [-0.2, -0.15) is 0 Å². The molecule has 0 radical (unpaired) electrons. The Morgan fingerprint density at radius 3 is 2.71 bits per heavy atom. The third kappa shape index (κ3) is 3.10. The minimum absolute atomic E-state index is 0.114. The number of aromatic carboxylic acids is 1. The van der Waals surface area contributed by atoms with E-state index in [1.807, 2.05) is 0 Å². The van der Waals surface area contributed by atoms with Crippen molar-refractivity contribution >= 4 is 17.7 Å². The summed E-state index contributed by atoms with van der Waals surface area (Å²) in [7, 11) is 0. The molecule has 1 N–H and O–H groups in total. The van der Waals surface area contributed by atoms with E-state index in [-0.39, 0.29) is 10.3 Å². The summed E-state index contributed by atoms with van der Waals surface area (Å²) in [4.78, 5) is 10.7.